The van der Waals surface area contributed by atoms with E-state index in [2.05, 4.69) is 4.57 Å². The Morgan fingerprint density at radius 1 is 1.24 bits per heavy atom. The molecule has 0 radical (unpaired) electrons. The molecule has 4 rings (SSSR count). The van der Waals surface area contributed by atoms with Crippen molar-refractivity contribution in [1.29, 1.82) is 0 Å². The maximum Gasteiger partial charge on any atom is 0.146 e. The van der Waals surface area contributed by atoms with Gasteiger partial charge in [-0.15, -0.1) is 0 Å². The summed E-state index contributed by atoms with van der Waals surface area (Å²) in [7, 11) is 3.39. The number of hydrogen-bond acceptors (Lipinski definition) is 3. The first-order valence-electron chi connectivity index (χ1n) is 5.94. The van der Waals surface area contributed by atoms with Crippen molar-refractivity contribution < 1.29 is 9.47 Å². The van der Waals surface area contributed by atoms with Gasteiger partial charge in [0.25, 0.3) is 0 Å². The maximum absolute atomic E-state index is 5.44. The highest BCUT2D eigenvalue weighted by atomic mass is 16.5. The van der Waals surface area contributed by atoms with Crippen LogP contribution in [0, 0.1) is 5.92 Å². The molecule has 0 saturated heterocycles. The minimum absolute atomic E-state index is 0.678. The van der Waals surface area contributed by atoms with E-state index < -0.39 is 0 Å². The molecule has 1 aliphatic heterocycles. The van der Waals surface area contributed by atoms with Gasteiger partial charge in [-0.2, -0.15) is 0 Å². The molecule has 0 spiro atoms. The molecule has 2 atom stereocenters. The zero-order valence-corrected chi connectivity index (χ0v) is 9.93. The van der Waals surface area contributed by atoms with E-state index >= 15 is 0 Å². The van der Waals surface area contributed by atoms with Gasteiger partial charge in [-0.1, -0.05) is 0 Å². The number of ether oxygens (including phenoxy) is 2. The second kappa shape index (κ2) is 2.94. The summed E-state index contributed by atoms with van der Waals surface area (Å²) in [5.41, 5.74) is 2.03. The monoisotopic (exact) mass is 230 g/mol. The molecule has 88 valence electrons. The van der Waals surface area contributed by atoms with Crippen molar-refractivity contribution in [3.05, 3.63) is 18.0 Å². The number of fused-ring (bicyclic) bond motifs is 5. The van der Waals surface area contributed by atoms with E-state index in [4.69, 9.17) is 14.5 Å². The fourth-order valence-corrected chi connectivity index (χ4v) is 3.00. The van der Waals surface area contributed by atoms with Crippen molar-refractivity contribution in [1.82, 2.24) is 9.55 Å². The van der Waals surface area contributed by atoms with Crippen LogP contribution in [0.25, 0.3) is 11.0 Å². The molecule has 1 fully saturated rings. The lowest BCUT2D eigenvalue weighted by Crippen LogP contribution is -1.98. The number of benzene rings is 1. The summed E-state index contributed by atoms with van der Waals surface area (Å²) in [6.45, 7) is 1.08. The number of methoxy groups -OCH3 is 2. The maximum atomic E-state index is 5.44. The Bertz CT molecular complexity index is 617. The minimum Gasteiger partial charge on any atom is -0.494 e. The molecule has 1 aromatic heterocycles. The zero-order chi connectivity index (χ0) is 11.6. The van der Waals surface area contributed by atoms with Crippen molar-refractivity contribution in [3.63, 3.8) is 0 Å². The number of nitrogens with zero attached hydrogens (tertiary/aromatic N) is 2. The third-order valence-corrected chi connectivity index (χ3v) is 3.96. The van der Waals surface area contributed by atoms with Crippen LogP contribution in [0.2, 0.25) is 0 Å². The second-order valence-corrected chi connectivity index (χ2v) is 4.85. The van der Waals surface area contributed by atoms with Crippen molar-refractivity contribution in [2.24, 2.45) is 5.92 Å². The third-order valence-electron chi connectivity index (χ3n) is 3.96. The average molecular weight is 230 g/mol. The topological polar surface area (TPSA) is 36.3 Å². The summed E-state index contributed by atoms with van der Waals surface area (Å²) in [5.74, 6) is 4.43. The first-order chi connectivity index (χ1) is 8.33. The minimum atomic E-state index is 0.678. The predicted molar refractivity (Wildman–Crippen MR) is 63.7 cm³/mol. The smallest absolute Gasteiger partial charge is 0.146 e. The number of imidazole rings is 1. The van der Waals surface area contributed by atoms with E-state index in [1.807, 2.05) is 12.1 Å². The van der Waals surface area contributed by atoms with Gasteiger partial charge in [-0.3, -0.25) is 0 Å². The standard InChI is InChI=1S/C13H14N2O2/c1-16-9-3-4-10(17-2)12-11(9)14-13-8-5-7(8)6-15(12)13/h3-4,7-8H,5-6H2,1-2H3. The summed E-state index contributed by atoms with van der Waals surface area (Å²) in [6, 6.07) is 3.88. The fourth-order valence-electron chi connectivity index (χ4n) is 3.00. The SMILES string of the molecule is COc1ccc(OC)c2c1nc1n2CC2CC12. The van der Waals surface area contributed by atoms with Crippen molar-refractivity contribution >= 4 is 11.0 Å². The van der Waals surface area contributed by atoms with Crippen LogP contribution in [-0.4, -0.2) is 23.8 Å². The molecule has 2 heterocycles. The molecule has 2 aromatic rings. The third kappa shape index (κ3) is 1.05. The van der Waals surface area contributed by atoms with Gasteiger partial charge in [0.05, 0.1) is 14.2 Å². The lowest BCUT2D eigenvalue weighted by Gasteiger charge is -2.08. The molecular weight excluding hydrogens is 216 g/mol. The summed E-state index contributed by atoms with van der Waals surface area (Å²) in [6.07, 6.45) is 1.30. The van der Waals surface area contributed by atoms with Crippen molar-refractivity contribution in [2.75, 3.05) is 14.2 Å². The summed E-state index contributed by atoms with van der Waals surface area (Å²) in [4.78, 5) is 4.75. The van der Waals surface area contributed by atoms with Gasteiger partial charge in [-0.25, -0.2) is 4.98 Å². The molecule has 1 aromatic carbocycles. The Labute approximate surface area is 99.2 Å². The number of hydrogen-bond donors (Lipinski definition) is 0. The van der Waals surface area contributed by atoms with Crippen LogP contribution in [0.1, 0.15) is 18.2 Å². The number of rotatable bonds is 2. The Hall–Kier alpha value is -1.71. The van der Waals surface area contributed by atoms with E-state index in [9.17, 15) is 0 Å². The lowest BCUT2D eigenvalue weighted by molar-refractivity contribution is 0.408. The van der Waals surface area contributed by atoms with Gasteiger partial charge in [-0.05, 0) is 24.5 Å². The van der Waals surface area contributed by atoms with Crippen LogP contribution >= 0.6 is 0 Å². The molecule has 0 amide bonds. The Kier molecular flexibility index (Phi) is 1.62. The molecular formula is C13H14N2O2. The van der Waals surface area contributed by atoms with Crippen molar-refractivity contribution in [3.8, 4) is 11.5 Å². The second-order valence-electron chi connectivity index (χ2n) is 4.85. The van der Waals surface area contributed by atoms with Gasteiger partial charge in [0.1, 0.15) is 28.4 Å². The normalized spacial score (nSPS) is 24.6. The van der Waals surface area contributed by atoms with Gasteiger partial charge in [0.15, 0.2) is 0 Å². The van der Waals surface area contributed by atoms with Gasteiger partial charge >= 0.3 is 0 Å². The van der Waals surface area contributed by atoms with E-state index in [0.29, 0.717) is 5.92 Å². The van der Waals surface area contributed by atoms with Crippen LogP contribution in [0.5, 0.6) is 11.5 Å². The summed E-state index contributed by atoms with van der Waals surface area (Å²) in [5, 5.41) is 0. The van der Waals surface area contributed by atoms with Crippen LogP contribution in [0.15, 0.2) is 12.1 Å². The molecule has 2 aliphatic rings. The first-order valence-corrected chi connectivity index (χ1v) is 5.94. The van der Waals surface area contributed by atoms with E-state index in [-0.39, 0.29) is 0 Å². The van der Waals surface area contributed by atoms with Gasteiger partial charge in [0.2, 0.25) is 0 Å². The molecule has 4 heteroatoms. The van der Waals surface area contributed by atoms with Crippen LogP contribution in [0.3, 0.4) is 0 Å². The zero-order valence-electron chi connectivity index (χ0n) is 9.93. The van der Waals surface area contributed by atoms with Crippen LogP contribution < -0.4 is 9.47 Å². The van der Waals surface area contributed by atoms with E-state index in [1.165, 1.54) is 12.2 Å². The molecule has 2 unspecified atom stereocenters. The highest BCUT2D eigenvalue weighted by Gasteiger charge is 2.48. The fraction of sp³-hybridized carbons (Fsp3) is 0.462. The number of aromatic nitrogens is 2. The quantitative estimate of drug-likeness (QED) is 0.793. The molecule has 1 saturated carbocycles. The molecule has 17 heavy (non-hydrogen) atoms. The predicted octanol–water partition coefficient (Wildman–Crippen LogP) is 2.17. The highest BCUT2D eigenvalue weighted by molar-refractivity contribution is 5.88. The first kappa shape index (κ1) is 9.33. The summed E-state index contributed by atoms with van der Waals surface area (Å²) >= 11 is 0. The Morgan fingerprint density at radius 2 is 2.00 bits per heavy atom. The summed E-state index contributed by atoms with van der Waals surface area (Å²) < 4.78 is 13.1. The molecule has 0 N–H and O–H groups in total. The van der Waals surface area contributed by atoms with Crippen LogP contribution in [-0.2, 0) is 6.54 Å². The van der Waals surface area contributed by atoms with Crippen LogP contribution in [0.4, 0.5) is 0 Å². The lowest BCUT2D eigenvalue weighted by atomic mass is 10.2. The average Bonchev–Trinajstić information content (AvgIpc) is 2.88. The van der Waals surface area contributed by atoms with Gasteiger partial charge in [0, 0.05) is 12.5 Å². The highest BCUT2D eigenvalue weighted by Crippen LogP contribution is 2.55. The van der Waals surface area contributed by atoms with E-state index in [0.717, 1.165) is 35.0 Å². The van der Waals surface area contributed by atoms with E-state index in [1.54, 1.807) is 14.2 Å². The Balaban J connectivity index is 2.07. The van der Waals surface area contributed by atoms with Crippen molar-refractivity contribution in [2.45, 2.75) is 18.9 Å². The largest absolute Gasteiger partial charge is 0.494 e. The molecule has 4 nitrogen and oxygen atoms in total. The Morgan fingerprint density at radius 3 is 2.76 bits per heavy atom. The van der Waals surface area contributed by atoms with Gasteiger partial charge < -0.3 is 14.0 Å². The molecule has 0 bridgehead atoms. The molecule has 1 aliphatic carbocycles.